The normalized spacial score (nSPS) is 17.7. The molecule has 33 heavy (non-hydrogen) atoms. The molecular formula is C23H28FN5O4. The number of fused-ring (bicyclic) bond motifs is 1. The lowest BCUT2D eigenvalue weighted by atomic mass is 9.97. The maximum atomic E-state index is 14.4. The predicted octanol–water partition coefficient (Wildman–Crippen LogP) is 1.95. The van der Waals surface area contributed by atoms with Crippen molar-refractivity contribution in [3.05, 3.63) is 30.0 Å². The molecule has 0 spiro atoms. The van der Waals surface area contributed by atoms with E-state index in [9.17, 15) is 24.0 Å². The second kappa shape index (κ2) is 9.90. The Bertz CT molecular complexity index is 1080. The van der Waals surface area contributed by atoms with Crippen molar-refractivity contribution in [2.75, 3.05) is 13.7 Å². The van der Waals surface area contributed by atoms with E-state index >= 15 is 0 Å². The van der Waals surface area contributed by atoms with Crippen molar-refractivity contribution in [3.8, 4) is 11.8 Å². The number of hydrogen-bond acceptors (Lipinski definition) is 5. The molecule has 2 aromatic rings. The van der Waals surface area contributed by atoms with Gasteiger partial charge in [0.25, 0.3) is 5.91 Å². The molecule has 2 heterocycles. The molecule has 1 aliphatic heterocycles. The van der Waals surface area contributed by atoms with Gasteiger partial charge in [-0.3, -0.25) is 14.4 Å². The average molecular weight is 458 g/mol. The standard InChI is InChI=1S/C23H28FN5O4/c1-23(2,24)11-18(22(32)27-14(12-25)9-13-7-8-26-20(13)30)29-21(31)17-10-15-16(28-17)5-4-6-19(15)33-3/h4-6,10,13-14,18,28H,7-9,11H2,1-3H3,(H,26,30)(H,27,32)(H,29,31)/t13-,14?,18?/m0/s1. The van der Waals surface area contributed by atoms with E-state index in [1.54, 1.807) is 24.3 Å². The number of aromatic amines is 1. The molecule has 0 bridgehead atoms. The van der Waals surface area contributed by atoms with Crippen LogP contribution in [0.2, 0.25) is 0 Å². The lowest BCUT2D eigenvalue weighted by Crippen LogP contribution is -2.51. The van der Waals surface area contributed by atoms with Crippen molar-refractivity contribution < 1.29 is 23.5 Å². The number of alkyl halides is 1. The van der Waals surface area contributed by atoms with Crippen LogP contribution in [0.15, 0.2) is 24.3 Å². The Hall–Kier alpha value is -3.61. The number of methoxy groups -OCH3 is 1. The number of halogens is 1. The Morgan fingerprint density at radius 1 is 1.36 bits per heavy atom. The molecule has 3 rings (SSSR count). The summed E-state index contributed by atoms with van der Waals surface area (Å²) < 4.78 is 19.7. The van der Waals surface area contributed by atoms with Crippen molar-refractivity contribution in [2.45, 2.75) is 50.9 Å². The number of nitrogens with one attached hydrogen (secondary N) is 4. The van der Waals surface area contributed by atoms with E-state index in [0.29, 0.717) is 29.6 Å². The zero-order valence-electron chi connectivity index (χ0n) is 18.8. The number of benzene rings is 1. The summed E-state index contributed by atoms with van der Waals surface area (Å²) in [6.45, 7) is 3.13. The van der Waals surface area contributed by atoms with Crippen LogP contribution in [0.25, 0.3) is 10.9 Å². The van der Waals surface area contributed by atoms with Crippen LogP contribution in [-0.4, -0.2) is 54.1 Å². The summed E-state index contributed by atoms with van der Waals surface area (Å²) in [7, 11) is 1.52. The predicted molar refractivity (Wildman–Crippen MR) is 119 cm³/mol. The van der Waals surface area contributed by atoms with Gasteiger partial charge in [-0.1, -0.05) is 6.07 Å². The first-order chi connectivity index (χ1) is 15.6. The fourth-order valence-corrected chi connectivity index (χ4v) is 3.93. The minimum Gasteiger partial charge on any atom is -0.496 e. The second-order valence-corrected chi connectivity index (χ2v) is 8.76. The van der Waals surface area contributed by atoms with Gasteiger partial charge in [0.1, 0.15) is 29.2 Å². The molecule has 0 aliphatic carbocycles. The summed E-state index contributed by atoms with van der Waals surface area (Å²) in [5.41, 5.74) is -0.902. The maximum absolute atomic E-state index is 14.4. The number of nitriles is 1. The van der Waals surface area contributed by atoms with Gasteiger partial charge in [0.05, 0.1) is 13.2 Å². The summed E-state index contributed by atoms with van der Waals surface area (Å²) in [5.74, 6) is -1.24. The Kier molecular flexibility index (Phi) is 7.21. The third-order valence-corrected chi connectivity index (χ3v) is 5.56. The van der Waals surface area contributed by atoms with Gasteiger partial charge in [0, 0.05) is 29.8 Å². The Balaban J connectivity index is 1.74. The first kappa shape index (κ1) is 24.0. The Labute approximate surface area is 191 Å². The molecule has 1 aromatic heterocycles. The molecular weight excluding hydrogens is 429 g/mol. The molecule has 0 radical (unpaired) electrons. The van der Waals surface area contributed by atoms with Crippen molar-refractivity contribution in [3.63, 3.8) is 0 Å². The molecule has 1 aliphatic rings. The van der Waals surface area contributed by atoms with Crippen molar-refractivity contribution in [2.24, 2.45) is 5.92 Å². The molecule has 0 saturated carbocycles. The third kappa shape index (κ3) is 6.00. The monoisotopic (exact) mass is 457 g/mol. The molecule has 3 atom stereocenters. The van der Waals surface area contributed by atoms with Gasteiger partial charge in [-0.25, -0.2) is 4.39 Å². The first-order valence-corrected chi connectivity index (χ1v) is 10.7. The lowest BCUT2D eigenvalue weighted by molar-refractivity contribution is -0.125. The van der Waals surface area contributed by atoms with E-state index < -0.39 is 29.6 Å². The zero-order chi connectivity index (χ0) is 24.2. The van der Waals surface area contributed by atoms with Crippen LogP contribution in [-0.2, 0) is 9.59 Å². The highest BCUT2D eigenvalue weighted by Crippen LogP contribution is 2.26. The minimum atomic E-state index is -1.76. The van der Waals surface area contributed by atoms with Crippen LogP contribution in [0.4, 0.5) is 4.39 Å². The number of carbonyl (C=O) groups is 3. The average Bonchev–Trinajstić information content (AvgIpc) is 3.37. The minimum absolute atomic E-state index is 0.148. The van der Waals surface area contributed by atoms with Gasteiger partial charge in [0.2, 0.25) is 11.8 Å². The van der Waals surface area contributed by atoms with Crippen LogP contribution in [0, 0.1) is 17.2 Å². The fourth-order valence-electron chi connectivity index (χ4n) is 3.93. The second-order valence-electron chi connectivity index (χ2n) is 8.76. The molecule has 9 nitrogen and oxygen atoms in total. The Morgan fingerprint density at radius 2 is 2.12 bits per heavy atom. The topological polar surface area (TPSA) is 136 Å². The smallest absolute Gasteiger partial charge is 0.268 e. The summed E-state index contributed by atoms with van der Waals surface area (Å²) in [6.07, 6.45) is 0.431. The van der Waals surface area contributed by atoms with Crippen molar-refractivity contribution >= 4 is 28.6 Å². The fraction of sp³-hybridized carbons (Fsp3) is 0.478. The van der Waals surface area contributed by atoms with Gasteiger partial charge >= 0.3 is 0 Å². The van der Waals surface area contributed by atoms with Crippen molar-refractivity contribution in [1.29, 1.82) is 5.26 Å². The maximum Gasteiger partial charge on any atom is 0.268 e. The third-order valence-electron chi connectivity index (χ3n) is 5.56. The highest BCUT2D eigenvalue weighted by molar-refractivity contribution is 6.01. The molecule has 1 saturated heterocycles. The molecule has 3 amide bonds. The van der Waals surface area contributed by atoms with Crippen LogP contribution in [0.3, 0.4) is 0 Å². The van der Waals surface area contributed by atoms with Crippen LogP contribution < -0.4 is 20.7 Å². The highest BCUT2D eigenvalue weighted by Gasteiger charge is 2.33. The number of carbonyl (C=O) groups excluding carboxylic acids is 3. The summed E-state index contributed by atoms with van der Waals surface area (Å²) in [5, 5.41) is 17.9. The highest BCUT2D eigenvalue weighted by atomic mass is 19.1. The van der Waals surface area contributed by atoms with Gasteiger partial charge < -0.3 is 25.7 Å². The van der Waals surface area contributed by atoms with E-state index in [4.69, 9.17) is 4.74 Å². The van der Waals surface area contributed by atoms with E-state index in [1.165, 1.54) is 21.0 Å². The summed E-state index contributed by atoms with van der Waals surface area (Å²) >= 11 is 0. The Morgan fingerprint density at radius 3 is 2.73 bits per heavy atom. The van der Waals surface area contributed by atoms with E-state index in [-0.39, 0.29) is 30.4 Å². The summed E-state index contributed by atoms with van der Waals surface area (Å²) in [6, 6.07) is 6.71. The molecule has 4 N–H and O–H groups in total. The number of H-pyrrole nitrogens is 1. The molecule has 10 heteroatoms. The first-order valence-electron chi connectivity index (χ1n) is 10.7. The van der Waals surface area contributed by atoms with E-state index in [1.807, 2.05) is 6.07 Å². The van der Waals surface area contributed by atoms with E-state index in [0.717, 1.165) is 0 Å². The number of ether oxygens (including phenoxy) is 1. The van der Waals surface area contributed by atoms with Crippen LogP contribution in [0.5, 0.6) is 5.75 Å². The molecule has 176 valence electrons. The number of rotatable bonds is 9. The number of nitrogens with zero attached hydrogens (tertiary/aromatic N) is 1. The molecule has 1 aromatic carbocycles. The number of aromatic nitrogens is 1. The molecule has 2 unspecified atom stereocenters. The van der Waals surface area contributed by atoms with Crippen molar-refractivity contribution in [1.82, 2.24) is 20.9 Å². The van der Waals surface area contributed by atoms with Gasteiger partial charge in [-0.15, -0.1) is 0 Å². The van der Waals surface area contributed by atoms with Gasteiger partial charge in [0.15, 0.2) is 0 Å². The number of hydrogen-bond donors (Lipinski definition) is 4. The van der Waals surface area contributed by atoms with Gasteiger partial charge in [-0.2, -0.15) is 5.26 Å². The zero-order valence-corrected chi connectivity index (χ0v) is 18.8. The van der Waals surface area contributed by atoms with Crippen LogP contribution >= 0.6 is 0 Å². The number of amides is 3. The largest absolute Gasteiger partial charge is 0.496 e. The quantitative estimate of drug-likeness (QED) is 0.456. The van der Waals surface area contributed by atoms with Crippen LogP contribution in [0.1, 0.15) is 43.6 Å². The van der Waals surface area contributed by atoms with Gasteiger partial charge in [-0.05, 0) is 44.9 Å². The molecule has 1 fully saturated rings. The lowest BCUT2D eigenvalue weighted by Gasteiger charge is -2.25. The summed E-state index contributed by atoms with van der Waals surface area (Å²) in [4.78, 5) is 40.6. The van der Waals surface area contributed by atoms with E-state index in [2.05, 4.69) is 20.9 Å². The SMILES string of the molecule is COc1cccc2[nH]c(C(=O)NC(CC(C)(C)F)C(=O)NC(C#N)C[C@@H]3CCNC3=O)cc12.